The molecule has 120 valence electrons. The molecule has 0 atom stereocenters. The summed E-state index contributed by atoms with van der Waals surface area (Å²) in [5, 5.41) is 0. The number of rotatable bonds is 4. The zero-order valence-corrected chi connectivity index (χ0v) is 14.1. The van der Waals surface area contributed by atoms with Gasteiger partial charge >= 0.3 is 0 Å². The second-order valence-electron chi connectivity index (χ2n) is 5.94. The van der Waals surface area contributed by atoms with Gasteiger partial charge < -0.3 is 0 Å². The molecule has 1 aliphatic rings. The Hall–Kier alpha value is -2.07. The van der Waals surface area contributed by atoms with Crippen molar-refractivity contribution in [3.63, 3.8) is 0 Å². The van der Waals surface area contributed by atoms with Crippen LogP contribution in [-0.4, -0.2) is 8.42 Å². The predicted octanol–water partition coefficient (Wildman–Crippen LogP) is 4.75. The second kappa shape index (κ2) is 6.59. The molecule has 0 radical (unpaired) electrons. The second-order valence-corrected chi connectivity index (χ2v) is 7.62. The van der Waals surface area contributed by atoms with Crippen LogP contribution in [0.25, 0.3) is 5.57 Å². The predicted molar refractivity (Wildman–Crippen MR) is 94.9 cm³/mol. The number of allylic oxidation sites excluding steroid dienone is 2. The van der Waals surface area contributed by atoms with Gasteiger partial charge in [0.15, 0.2) is 0 Å². The summed E-state index contributed by atoms with van der Waals surface area (Å²) in [7, 11) is -3.57. The van der Waals surface area contributed by atoms with Crippen molar-refractivity contribution in [1.82, 2.24) is 0 Å². The van der Waals surface area contributed by atoms with Gasteiger partial charge in [-0.1, -0.05) is 42.0 Å². The van der Waals surface area contributed by atoms with Crippen molar-refractivity contribution in [2.24, 2.45) is 0 Å². The zero-order chi connectivity index (χ0) is 16.3. The molecule has 0 bridgehead atoms. The minimum atomic E-state index is -3.57. The third kappa shape index (κ3) is 3.64. The summed E-state index contributed by atoms with van der Waals surface area (Å²) in [6.07, 6.45) is 6.66. The van der Waals surface area contributed by atoms with Crippen molar-refractivity contribution in [3.8, 4) is 0 Å². The Morgan fingerprint density at radius 1 is 0.957 bits per heavy atom. The van der Waals surface area contributed by atoms with E-state index in [1.54, 1.807) is 12.1 Å². The molecule has 2 aromatic rings. The molecule has 4 heteroatoms. The Bertz CT molecular complexity index is 821. The van der Waals surface area contributed by atoms with Crippen LogP contribution in [-0.2, 0) is 10.0 Å². The van der Waals surface area contributed by atoms with Crippen LogP contribution in [0.1, 0.15) is 36.8 Å². The topological polar surface area (TPSA) is 46.2 Å². The van der Waals surface area contributed by atoms with Crippen LogP contribution in [0.5, 0.6) is 0 Å². The molecular weight excluding hydrogens is 306 g/mol. The number of hydrogen-bond donors (Lipinski definition) is 1. The SMILES string of the molecule is Cc1ccc(S(=O)(=O)Nc2ccccc2C2=CCCCC2)cc1. The third-order valence-electron chi connectivity index (χ3n) is 4.14. The van der Waals surface area contributed by atoms with Crippen LogP contribution in [0, 0.1) is 6.92 Å². The van der Waals surface area contributed by atoms with Crippen LogP contribution in [0.15, 0.2) is 59.5 Å². The fourth-order valence-corrected chi connectivity index (χ4v) is 3.94. The van der Waals surface area contributed by atoms with E-state index in [1.165, 1.54) is 12.0 Å². The molecule has 0 saturated carbocycles. The van der Waals surface area contributed by atoms with Crippen LogP contribution >= 0.6 is 0 Å². The number of hydrogen-bond acceptors (Lipinski definition) is 2. The minimum Gasteiger partial charge on any atom is -0.279 e. The molecule has 0 unspecified atom stereocenters. The van der Waals surface area contributed by atoms with Gasteiger partial charge in [0, 0.05) is 5.56 Å². The van der Waals surface area contributed by atoms with E-state index in [4.69, 9.17) is 0 Å². The molecule has 0 heterocycles. The number of para-hydroxylation sites is 1. The Kier molecular flexibility index (Phi) is 4.53. The standard InChI is InChI=1S/C19H21NO2S/c1-15-11-13-17(14-12-15)23(21,22)20-19-10-6-5-9-18(19)16-7-3-2-4-8-16/h5-7,9-14,20H,2-4,8H2,1H3. The molecule has 0 fully saturated rings. The molecule has 0 aromatic heterocycles. The van der Waals surface area contributed by atoms with E-state index in [9.17, 15) is 8.42 Å². The highest BCUT2D eigenvalue weighted by molar-refractivity contribution is 7.92. The lowest BCUT2D eigenvalue weighted by molar-refractivity contribution is 0.601. The van der Waals surface area contributed by atoms with Crippen molar-refractivity contribution >= 4 is 21.3 Å². The van der Waals surface area contributed by atoms with Gasteiger partial charge in [-0.3, -0.25) is 4.72 Å². The highest BCUT2D eigenvalue weighted by Crippen LogP contribution is 2.32. The number of anilines is 1. The monoisotopic (exact) mass is 327 g/mol. The van der Waals surface area contributed by atoms with Gasteiger partial charge in [0.25, 0.3) is 10.0 Å². The highest BCUT2D eigenvalue weighted by Gasteiger charge is 2.17. The first-order valence-electron chi connectivity index (χ1n) is 7.94. The first kappa shape index (κ1) is 15.8. The van der Waals surface area contributed by atoms with Gasteiger partial charge in [-0.2, -0.15) is 0 Å². The molecule has 23 heavy (non-hydrogen) atoms. The third-order valence-corrected chi connectivity index (χ3v) is 5.52. The molecular formula is C19H21NO2S. The first-order chi connectivity index (χ1) is 11.1. The quantitative estimate of drug-likeness (QED) is 0.880. The smallest absolute Gasteiger partial charge is 0.261 e. The molecule has 0 amide bonds. The van der Waals surface area contributed by atoms with Crippen LogP contribution in [0.3, 0.4) is 0 Å². The Labute approximate surface area is 138 Å². The zero-order valence-electron chi connectivity index (χ0n) is 13.2. The van der Waals surface area contributed by atoms with E-state index >= 15 is 0 Å². The average Bonchev–Trinajstić information content (AvgIpc) is 2.56. The van der Waals surface area contributed by atoms with Gasteiger partial charge in [-0.15, -0.1) is 0 Å². The summed E-state index contributed by atoms with van der Waals surface area (Å²) in [6, 6.07) is 14.5. The number of aryl methyl sites for hydroxylation is 1. The van der Waals surface area contributed by atoms with E-state index in [2.05, 4.69) is 10.8 Å². The summed E-state index contributed by atoms with van der Waals surface area (Å²) < 4.78 is 28.0. The maximum atomic E-state index is 12.6. The molecule has 3 nitrogen and oxygen atoms in total. The Balaban J connectivity index is 1.93. The fraction of sp³-hybridized carbons (Fsp3) is 0.263. The van der Waals surface area contributed by atoms with Gasteiger partial charge in [0.2, 0.25) is 0 Å². The minimum absolute atomic E-state index is 0.288. The lowest BCUT2D eigenvalue weighted by Gasteiger charge is -2.17. The van der Waals surface area contributed by atoms with Crippen LogP contribution < -0.4 is 4.72 Å². The molecule has 1 N–H and O–H groups in total. The van der Waals surface area contributed by atoms with Crippen LogP contribution in [0.2, 0.25) is 0 Å². The lowest BCUT2D eigenvalue weighted by Crippen LogP contribution is -2.14. The van der Waals surface area contributed by atoms with Crippen molar-refractivity contribution in [2.45, 2.75) is 37.5 Å². The van der Waals surface area contributed by atoms with Gasteiger partial charge in [0.1, 0.15) is 0 Å². The summed E-state index contributed by atoms with van der Waals surface area (Å²) in [5.41, 5.74) is 3.92. The molecule has 3 rings (SSSR count). The summed E-state index contributed by atoms with van der Waals surface area (Å²) in [4.78, 5) is 0.288. The lowest BCUT2D eigenvalue weighted by atomic mass is 9.93. The van der Waals surface area contributed by atoms with Gasteiger partial charge in [0.05, 0.1) is 10.6 Å². The number of nitrogens with one attached hydrogen (secondary N) is 1. The number of sulfonamides is 1. The fourth-order valence-electron chi connectivity index (χ4n) is 2.86. The number of benzene rings is 2. The van der Waals surface area contributed by atoms with E-state index < -0.39 is 10.0 Å². The maximum Gasteiger partial charge on any atom is 0.261 e. The highest BCUT2D eigenvalue weighted by atomic mass is 32.2. The molecule has 0 saturated heterocycles. The van der Waals surface area contributed by atoms with Crippen molar-refractivity contribution in [2.75, 3.05) is 4.72 Å². The van der Waals surface area contributed by atoms with Crippen LogP contribution in [0.4, 0.5) is 5.69 Å². The maximum absolute atomic E-state index is 12.6. The van der Waals surface area contributed by atoms with Crippen molar-refractivity contribution in [1.29, 1.82) is 0 Å². The van der Waals surface area contributed by atoms with Crippen molar-refractivity contribution < 1.29 is 8.42 Å². The molecule has 0 spiro atoms. The first-order valence-corrected chi connectivity index (χ1v) is 9.42. The summed E-state index contributed by atoms with van der Waals surface area (Å²) in [6.45, 7) is 1.94. The molecule has 2 aromatic carbocycles. The average molecular weight is 327 g/mol. The van der Waals surface area contributed by atoms with E-state index in [0.717, 1.165) is 30.4 Å². The summed E-state index contributed by atoms with van der Waals surface area (Å²) in [5.74, 6) is 0. The van der Waals surface area contributed by atoms with Gasteiger partial charge in [-0.05, 0) is 56.4 Å². The molecule has 1 aliphatic carbocycles. The Morgan fingerprint density at radius 3 is 2.39 bits per heavy atom. The van der Waals surface area contributed by atoms with E-state index in [0.29, 0.717) is 5.69 Å². The molecule has 0 aliphatic heterocycles. The summed E-state index contributed by atoms with van der Waals surface area (Å²) >= 11 is 0. The van der Waals surface area contributed by atoms with Gasteiger partial charge in [-0.25, -0.2) is 8.42 Å². The Morgan fingerprint density at radius 2 is 1.70 bits per heavy atom. The van der Waals surface area contributed by atoms with Crippen molar-refractivity contribution in [3.05, 3.63) is 65.7 Å². The van der Waals surface area contributed by atoms with E-state index in [-0.39, 0.29) is 4.90 Å². The van der Waals surface area contributed by atoms with E-state index in [1.807, 2.05) is 43.3 Å². The normalized spacial score (nSPS) is 15.1. The largest absolute Gasteiger partial charge is 0.279 e.